The van der Waals surface area contributed by atoms with Gasteiger partial charge in [0.05, 0.1) is 16.3 Å². The van der Waals surface area contributed by atoms with Gasteiger partial charge in [-0.1, -0.05) is 23.8 Å². The number of hydrogen-bond acceptors (Lipinski definition) is 5. The Morgan fingerprint density at radius 2 is 1.71 bits per heavy atom. The molecule has 1 N–H and O–H groups in total. The Balaban J connectivity index is 1.96. The van der Waals surface area contributed by atoms with E-state index in [4.69, 9.17) is 0 Å². The largest absolute Gasteiger partial charge is 0.280 e. The van der Waals surface area contributed by atoms with E-state index in [0.29, 0.717) is 11.5 Å². The van der Waals surface area contributed by atoms with E-state index in [9.17, 15) is 8.42 Å². The molecule has 7 nitrogen and oxygen atoms in total. The number of benzene rings is 2. The highest BCUT2D eigenvalue weighted by atomic mass is 32.2. The molecule has 0 saturated heterocycles. The maximum atomic E-state index is 12.5. The second kappa shape index (κ2) is 6.04. The van der Waals surface area contributed by atoms with Gasteiger partial charge in [0.25, 0.3) is 10.0 Å². The van der Waals surface area contributed by atoms with E-state index in [-0.39, 0.29) is 4.90 Å². The van der Waals surface area contributed by atoms with Crippen LogP contribution >= 0.6 is 0 Å². The van der Waals surface area contributed by atoms with Gasteiger partial charge in [-0.05, 0) is 61.0 Å². The highest BCUT2D eigenvalue weighted by Crippen LogP contribution is 2.22. The average Bonchev–Trinajstić information content (AvgIpc) is 2.95. The van der Waals surface area contributed by atoms with Crippen LogP contribution in [0.4, 0.5) is 5.69 Å². The number of sulfonamides is 1. The summed E-state index contributed by atoms with van der Waals surface area (Å²) in [5, 5.41) is 11.4. The fourth-order valence-corrected chi connectivity index (χ4v) is 3.34. The average molecular weight is 343 g/mol. The van der Waals surface area contributed by atoms with Gasteiger partial charge in [-0.3, -0.25) is 4.72 Å². The van der Waals surface area contributed by atoms with Crippen molar-refractivity contribution < 1.29 is 8.42 Å². The predicted molar refractivity (Wildman–Crippen MR) is 90.6 cm³/mol. The molecule has 0 fully saturated rings. The molecule has 1 heterocycles. The van der Waals surface area contributed by atoms with Crippen molar-refractivity contribution >= 4 is 15.7 Å². The third kappa shape index (κ3) is 3.13. The number of aryl methyl sites for hydroxylation is 3. The Kier molecular flexibility index (Phi) is 4.06. The summed E-state index contributed by atoms with van der Waals surface area (Å²) in [6.07, 6.45) is 0. The van der Waals surface area contributed by atoms with E-state index >= 15 is 0 Å². The van der Waals surface area contributed by atoms with Crippen molar-refractivity contribution in [2.24, 2.45) is 0 Å². The molecule has 0 spiro atoms. The Labute approximate surface area is 140 Å². The summed E-state index contributed by atoms with van der Waals surface area (Å²) in [4.78, 5) is 0.217. The minimum absolute atomic E-state index is 0.217. The zero-order chi connectivity index (χ0) is 17.3. The van der Waals surface area contributed by atoms with E-state index < -0.39 is 10.0 Å². The molecule has 124 valence electrons. The van der Waals surface area contributed by atoms with Gasteiger partial charge in [-0.15, -0.1) is 5.10 Å². The van der Waals surface area contributed by atoms with Gasteiger partial charge < -0.3 is 0 Å². The lowest BCUT2D eigenvalue weighted by molar-refractivity contribution is 0.601. The van der Waals surface area contributed by atoms with Crippen molar-refractivity contribution in [1.29, 1.82) is 0 Å². The number of tetrazole rings is 1. The number of hydrogen-bond donors (Lipinski definition) is 1. The monoisotopic (exact) mass is 343 g/mol. The molecule has 3 aromatic rings. The summed E-state index contributed by atoms with van der Waals surface area (Å²) >= 11 is 0. The van der Waals surface area contributed by atoms with Crippen LogP contribution in [0.1, 0.15) is 17.0 Å². The number of nitrogens with one attached hydrogen (secondary N) is 1. The highest BCUT2D eigenvalue weighted by Gasteiger charge is 2.15. The summed E-state index contributed by atoms with van der Waals surface area (Å²) in [5.41, 5.74) is 3.11. The van der Waals surface area contributed by atoms with Crippen LogP contribution in [0.5, 0.6) is 0 Å². The van der Waals surface area contributed by atoms with Crippen molar-refractivity contribution in [2.45, 2.75) is 25.7 Å². The van der Waals surface area contributed by atoms with E-state index in [1.807, 2.05) is 19.9 Å². The smallest absolute Gasteiger partial charge is 0.261 e. The highest BCUT2D eigenvalue weighted by molar-refractivity contribution is 7.92. The first-order valence-electron chi connectivity index (χ1n) is 7.32. The van der Waals surface area contributed by atoms with Crippen LogP contribution in [0.2, 0.25) is 0 Å². The second-order valence-electron chi connectivity index (χ2n) is 5.56. The van der Waals surface area contributed by atoms with Crippen LogP contribution in [0.3, 0.4) is 0 Å². The number of anilines is 1. The van der Waals surface area contributed by atoms with Gasteiger partial charge in [-0.25, -0.2) is 8.42 Å². The van der Waals surface area contributed by atoms with E-state index in [2.05, 4.69) is 20.2 Å². The Hall–Kier alpha value is -2.74. The first kappa shape index (κ1) is 16.1. The quantitative estimate of drug-likeness (QED) is 0.785. The minimum Gasteiger partial charge on any atom is -0.280 e. The maximum Gasteiger partial charge on any atom is 0.261 e. The zero-order valence-corrected chi connectivity index (χ0v) is 14.4. The second-order valence-corrected chi connectivity index (χ2v) is 7.24. The van der Waals surface area contributed by atoms with E-state index in [1.54, 1.807) is 48.0 Å². The van der Waals surface area contributed by atoms with Gasteiger partial charge in [0.2, 0.25) is 0 Å². The van der Waals surface area contributed by atoms with Crippen molar-refractivity contribution in [1.82, 2.24) is 20.2 Å². The molecule has 0 radical (unpaired) electrons. The van der Waals surface area contributed by atoms with Crippen molar-refractivity contribution in [2.75, 3.05) is 4.72 Å². The molecule has 0 amide bonds. The first-order valence-corrected chi connectivity index (χ1v) is 8.80. The predicted octanol–water partition coefficient (Wildman–Crippen LogP) is 2.39. The molecule has 1 aromatic heterocycles. The van der Waals surface area contributed by atoms with Gasteiger partial charge in [0.1, 0.15) is 0 Å². The fraction of sp³-hybridized carbons (Fsp3) is 0.188. The van der Waals surface area contributed by atoms with Gasteiger partial charge in [-0.2, -0.15) is 4.68 Å². The maximum absolute atomic E-state index is 12.5. The SMILES string of the molecule is Cc1ccc(S(=O)(=O)Nc2ccc(C)c(-n3nnnc3C)c2)cc1. The van der Waals surface area contributed by atoms with E-state index in [1.165, 1.54) is 0 Å². The van der Waals surface area contributed by atoms with Crippen molar-refractivity contribution in [3.05, 3.63) is 59.4 Å². The molecule has 0 unspecified atom stereocenters. The van der Waals surface area contributed by atoms with Crippen molar-refractivity contribution in [3.8, 4) is 5.69 Å². The minimum atomic E-state index is -3.65. The molecule has 0 aliphatic heterocycles. The number of nitrogens with zero attached hydrogens (tertiary/aromatic N) is 4. The van der Waals surface area contributed by atoms with Crippen LogP contribution < -0.4 is 4.72 Å². The summed E-state index contributed by atoms with van der Waals surface area (Å²) in [7, 11) is -3.65. The van der Waals surface area contributed by atoms with Crippen LogP contribution in [-0.2, 0) is 10.0 Å². The summed E-state index contributed by atoms with van der Waals surface area (Å²) in [5.74, 6) is 0.622. The molecular formula is C16H17N5O2S. The van der Waals surface area contributed by atoms with Crippen molar-refractivity contribution in [3.63, 3.8) is 0 Å². The van der Waals surface area contributed by atoms with Gasteiger partial charge in [0.15, 0.2) is 5.82 Å². The molecule has 0 aliphatic rings. The van der Waals surface area contributed by atoms with Gasteiger partial charge in [0, 0.05) is 0 Å². The van der Waals surface area contributed by atoms with Crippen LogP contribution in [-0.4, -0.2) is 28.6 Å². The lowest BCUT2D eigenvalue weighted by Crippen LogP contribution is -2.13. The molecule has 3 rings (SSSR count). The number of rotatable bonds is 4. The Morgan fingerprint density at radius 3 is 2.33 bits per heavy atom. The van der Waals surface area contributed by atoms with Crippen LogP contribution in [0, 0.1) is 20.8 Å². The third-order valence-electron chi connectivity index (χ3n) is 3.65. The molecule has 8 heteroatoms. The Morgan fingerprint density at radius 1 is 1.00 bits per heavy atom. The summed E-state index contributed by atoms with van der Waals surface area (Å²) in [6, 6.07) is 11.9. The number of aromatic nitrogens is 4. The first-order chi connectivity index (χ1) is 11.4. The molecule has 0 bridgehead atoms. The van der Waals surface area contributed by atoms with Crippen LogP contribution in [0.15, 0.2) is 47.4 Å². The van der Waals surface area contributed by atoms with Crippen LogP contribution in [0.25, 0.3) is 5.69 Å². The molecule has 0 saturated carbocycles. The molecular weight excluding hydrogens is 326 g/mol. The topological polar surface area (TPSA) is 89.8 Å². The summed E-state index contributed by atoms with van der Waals surface area (Å²) in [6.45, 7) is 5.60. The molecule has 0 atom stereocenters. The lowest BCUT2D eigenvalue weighted by Gasteiger charge is -2.12. The normalized spacial score (nSPS) is 11.5. The Bertz CT molecular complexity index is 978. The molecule has 0 aliphatic carbocycles. The summed E-state index contributed by atoms with van der Waals surface area (Å²) < 4.78 is 29.2. The third-order valence-corrected chi connectivity index (χ3v) is 5.04. The standard InChI is InChI=1S/C16H17N5O2S/c1-11-4-8-15(9-5-11)24(22,23)18-14-7-6-12(2)16(10-14)21-13(3)17-19-20-21/h4-10,18H,1-3H3. The molecule has 2 aromatic carbocycles. The molecule has 24 heavy (non-hydrogen) atoms. The van der Waals surface area contributed by atoms with E-state index in [0.717, 1.165) is 16.8 Å². The lowest BCUT2D eigenvalue weighted by atomic mass is 10.2. The van der Waals surface area contributed by atoms with Gasteiger partial charge >= 0.3 is 0 Å². The zero-order valence-electron chi connectivity index (χ0n) is 13.6. The fourth-order valence-electron chi connectivity index (χ4n) is 2.29.